The lowest BCUT2D eigenvalue weighted by atomic mass is 10.2. The second-order valence-corrected chi connectivity index (χ2v) is 5.47. The van der Waals surface area contributed by atoms with E-state index < -0.39 is 0 Å². The van der Waals surface area contributed by atoms with Gasteiger partial charge >= 0.3 is 0 Å². The van der Waals surface area contributed by atoms with Crippen LogP contribution in [0.15, 0.2) is 36.5 Å². The number of carbonyl (C=O) groups excluding carboxylic acids is 2. The normalized spacial score (nSPS) is 17.3. The van der Waals surface area contributed by atoms with Gasteiger partial charge in [0.15, 0.2) is 6.61 Å². The Labute approximate surface area is 134 Å². The summed E-state index contributed by atoms with van der Waals surface area (Å²) in [6.45, 7) is 0.513. The number of carbonyl (C=O) groups is 2. The predicted molar refractivity (Wildman–Crippen MR) is 86.0 cm³/mol. The van der Waals surface area contributed by atoms with Crippen LogP contribution in [0.4, 0.5) is 0 Å². The van der Waals surface area contributed by atoms with Gasteiger partial charge in [-0.3, -0.25) is 14.6 Å². The van der Waals surface area contributed by atoms with Gasteiger partial charge in [-0.05, 0) is 31.0 Å². The first-order valence-electron chi connectivity index (χ1n) is 7.68. The number of amides is 2. The second kappa shape index (κ2) is 6.64. The van der Waals surface area contributed by atoms with Crippen LogP contribution in [-0.2, 0) is 9.59 Å². The molecule has 1 aliphatic rings. The highest BCUT2D eigenvalue weighted by molar-refractivity contribution is 5.89. The molecule has 1 aliphatic heterocycles. The second-order valence-electron chi connectivity index (χ2n) is 5.47. The molecule has 1 aromatic heterocycles. The van der Waals surface area contributed by atoms with Gasteiger partial charge in [-0.15, -0.1) is 0 Å². The molecule has 23 heavy (non-hydrogen) atoms. The maximum atomic E-state index is 12.4. The molecule has 0 saturated carbocycles. The lowest BCUT2D eigenvalue weighted by molar-refractivity contribution is -0.139. The molecule has 1 N–H and O–H groups in total. The third kappa shape index (κ3) is 3.11. The van der Waals surface area contributed by atoms with Crippen LogP contribution in [-0.4, -0.2) is 47.9 Å². The molecule has 2 aromatic rings. The van der Waals surface area contributed by atoms with Crippen molar-refractivity contribution in [3.05, 3.63) is 36.5 Å². The molecule has 0 aliphatic carbocycles. The number of nitrogens with zero attached hydrogens (tertiary/aromatic N) is 2. The van der Waals surface area contributed by atoms with E-state index in [0.717, 1.165) is 17.3 Å². The number of ether oxygens (including phenoxy) is 1. The lowest BCUT2D eigenvalue weighted by Crippen LogP contribution is -2.46. The van der Waals surface area contributed by atoms with Crippen LogP contribution in [0.5, 0.6) is 5.75 Å². The van der Waals surface area contributed by atoms with Crippen LogP contribution < -0.4 is 10.1 Å². The number of aromatic nitrogens is 1. The van der Waals surface area contributed by atoms with Crippen LogP contribution in [0.2, 0.25) is 0 Å². The van der Waals surface area contributed by atoms with Gasteiger partial charge in [-0.1, -0.05) is 12.1 Å². The summed E-state index contributed by atoms with van der Waals surface area (Å²) in [6, 6.07) is 8.97. The van der Waals surface area contributed by atoms with Crippen molar-refractivity contribution in [1.29, 1.82) is 0 Å². The Morgan fingerprint density at radius 1 is 1.35 bits per heavy atom. The Hall–Kier alpha value is -2.63. The Morgan fingerprint density at radius 3 is 3.00 bits per heavy atom. The molecule has 3 rings (SSSR count). The van der Waals surface area contributed by atoms with E-state index in [4.69, 9.17) is 4.74 Å². The quantitative estimate of drug-likeness (QED) is 0.925. The van der Waals surface area contributed by atoms with Crippen molar-refractivity contribution in [2.45, 2.75) is 18.9 Å². The molecule has 1 fully saturated rings. The maximum Gasteiger partial charge on any atom is 0.261 e. The highest BCUT2D eigenvalue weighted by atomic mass is 16.5. The molecule has 6 nitrogen and oxygen atoms in total. The molecule has 0 unspecified atom stereocenters. The summed E-state index contributed by atoms with van der Waals surface area (Å²) in [5.41, 5.74) is 0.821. The SMILES string of the molecule is CNC(=O)[C@@H]1CCCN1C(=O)COc1ccnc2ccccc12. The van der Waals surface area contributed by atoms with Crippen LogP contribution in [0.25, 0.3) is 10.9 Å². The van der Waals surface area contributed by atoms with Crippen molar-refractivity contribution in [2.24, 2.45) is 0 Å². The highest BCUT2D eigenvalue weighted by Gasteiger charge is 2.33. The summed E-state index contributed by atoms with van der Waals surface area (Å²) >= 11 is 0. The van der Waals surface area contributed by atoms with Crippen molar-refractivity contribution >= 4 is 22.7 Å². The topological polar surface area (TPSA) is 71.5 Å². The van der Waals surface area contributed by atoms with Gasteiger partial charge in [0.05, 0.1) is 5.52 Å². The van der Waals surface area contributed by atoms with Gasteiger partial charge in [0.25, 0.3) is 5.91 Å². The summed E-state index contributed by atoms with van der Waals surface area (Å²) < 4.78 is 5.69. The van der Waals surface area contributed by atoms with E-state index in [0.29, 0.717) is 18.7 Å². The number of hydrogen-bond acceptors (Lipinski definition) is 4. The molecule has 0 bridgehead atoms. The Morgan fingerprint density at radius 2 is 2.17 bits per heavy atom. The van der Waals surface area contributed by atoms with Crippen LogP contribution in [0, 0.1) is 0 Å². The van der Waals surface area contributed by atoms with Crippen molar-refractivity contribution in [3.8, 4) is 5.75 Å². The Bertz CT molecular complexity index is 727. The zero-order valence-corrected chi connectivity index (χ0v) is 13.0. The standard InChI is InChI=1S/C17H19N3O3/c1-18-17(22)14-7-4-10-20(14)16(21)11-23-15-8-9-19-13-6-3-2-5-12(13)15/h2-3,5-6,8-9,14H,4,7,10-11H2,1H3,(H,18,22)/t14-/m0/s1. The minimum absolute atomic E-state index is 0.0818. The summed E-state index contributed by atoms with van der Waals surface area (Å²) in [7, 11) is 1.59. The fourth-order valence-corrected chi connectivity index (χ4v) is 2.92. The maximum absolute atomic E-state index is 12.4. The Balaban J connectivity index is 1.70. The Kier molecular flexibility index (Phi) is 4.41. The molecular formula is C17H19N3O3. The molecule has 2 heterocycles. The third-order valence-electron chi connectivity index (χ3n) is 4.08. The van der Waals surface area contributed by atoms with E-state index >= 15 is 0 Å². The zero-order valence-electron chi connectivity index (χ0n) is 13.0. The first-order chi connectivity index (χ1) is 11.2. The number of hydrogen-bond donors (Lipinski definition) is 1. The van der Waals surface area contributed by atoms with E-state index in [9.17, 15) is 9.59 Å². The third-order valence-corrected chi connectivity index (χ3v) is 4.08. The van der Waals surface area contributed by atoms with Gasteiger partial charge in [-0.25, -0.2) is 0 Å². The van der Waals surface area contributed by atoms with E-state index in [1.807, 2.05) is 24.3 Å². The molecule has 2 amide bonds. The zero-order chi connectivity index (χ0) is 16.2. The predicted octanol–water partition coefficient (Wildman–Crippen LogP) is 1.35. The van der Waals surface area contributed by atoms with Crippen molar-refractivity contribution in [1.82, 2.24) is 15.2 Å². The number of nitrogens with one attached hydrogen (secondary N) is 1. The molecule has 1 atom stereocenters. The van der Waals surface area contributed by atoms with Crippen LogP contribution >= 0.6 is 0 Å². The minimum Gasteiger partial charge on any atom is -0.483 e. The number of likely N-dealkylation sites (N-methyl/N-ethyl adjacent to an activating group) is 1. The van der Waals surface area contributed by atoms with E-state index in [2.05, 4.69) is 10.3 Å². The molecule has 0 radical (unpaired) electrons. The number of fused-ring (bicyclic) bond motifs is 1. The number of rotatable bonds is 4. The smallest absolute Gasteiger partial charge is 0.261 e. The summed E-state index contributed by atoms with van der Waals surface area (Å²) in [5, 5.41) is 3.48. The van der Waals surface area contributed by atoms with Crippen molar-refractivity contribution < 1.29 is 14.3 Å². The largest absolute Gasteiger partial charge is 0.483 e. The van der Waals surface area contributed by atoms with Gasteiger partial charge < -0.3 is 15.0 Å². The number of likely N-dealkylation sites (tertiary alicyclic amines) is 1. The number of benzene rings is 1. The van der Waals surface area contributed by atoms with E-state index in [-0.39, 0.29) is 24.5 Å². The van der Waals surface area contributed by atoms with Crippen LogP contribution in [0.1, 0.15) is 12.8 Å². The fourth-order valence-electron chi connectivity index (χ4n) is 2.92. The average Bonchev–Trinajstić information content (AvgIpc) is 3.08. The van der Waals surface area contributed by atoms with E-state index in [1.165, 1.54) is 0 Å². The fraction of sp³-hybridized carbons (Fsp3) is 0.353. The van der Waals surface area contributed by atoms with Gasteiger partial charge in [-0.2, -0.15) is 0 Å². The molecule has 1 aromatic carbocycles. The summed E-state index contributed by atoms with van der Waals surface area (Å²) in [4.78, 5) is 30.1. The van der Waals surface area contributed by atoms with Crippen LogP contribution in [0.3, 0.4) is 0 Å². The lowest BCUT2D eigenvalue weighted by Gasteiger charge is -2.23. The van der Waals surface area contributed by atoms with Gasteiger partial charge in [0, 0.05) is 25.2 Å². The molecule has 1 saturated heterocycles. The number of pyridine rings is 1. The van der Waals surface area contributed by atoms with Crippen molar-refractivity contribution in [2.75, 3.05) is 20.2 Å². The summed E-state index contributed by atoms with van der Waals surface area (Å²) in [6.07, 6.45) is 3.19. The monoisotopic (exact) mass is 313 g/mol. The van der Waals surface area contributed by atoms with Crippen molar-refractivity contribution in [3.63, 3.8) is 0 Å². The molecular weight excluding hydrogens is 294 g/mol. The average molecular weight is 313 g/mol. The van der Waals surface area contributed by atoms with Gasteiger partial charge in [0.1, 0.15) is 11.8 Å². The minimum atomic E-state index is -0.384. The van der Waals surface area contributed by atoms with E-state index in [1.54, 1.807) is 24.2 Å². The number of para-hydroxylation sites is 1. The summed E-state index contributed by atoms with van der Waals surface area (Å²) in [5.74, 6) is 0.335. The first kappa shape index (κ1) is 15.3. The molecule has 6 heteroatoms. The highest BCUT2D eigenvalue weighted by Crippen LogP contribution is 2.24. The molecule has 120 valence electrons. The van der Waals surface area contributed by atoms with Gasteiger partial charge in [0.2, 0.25) is 5.91 Å². The molecule has 0 spiro atoms. The first-order valence-corrected chi connectivity index (χ1v) is 7.68.